The first-order valence-corrected chi connectivity index (χ1v) is 5.55. The Balaban J connectivity index is 2.87. The molecule has 0 unspecified atom stereocenters. The zero-order valence-corrected chi connectivity index (χ0v) is 10.3. The van der Waals surface area contributed by atoms with E-state index in [2.05, 4.69) is 6.58 Å². The lowest BCUT2D eigenvalue weighted by molar-refractivity contribution is 0.101. The Hall–Kier alpha value is -1.28. The van der Waals surface area contributed by atoms with E-state index in [0.29, 0.717) is 23.8 Å². The highest BCUT2D eigenvalue weighted by Crippen LogP contribution is 2.21. The molecule has 0 bridgehead atoms. The third-order valence-electron chi connectivity index (χ3n) is 2.14. The molecule has 1 aromatic rings. The van der Waals surface area contributed by atoms with E-state index in [1.54, 1.807) is 6.07 Å². The summed E-state index contributed by atoms with van der Waals surface area (Å²) < 4.78 is 5.50. The number of aryl methyl sites for hydroxylation is 1. The molecule has 1 aromatic carbocycles. The molecule has 0 N–H and O–H groups in total. The summed E-state index contributed by atoms with van der Waals surface area (Å²) in [5, 5.41) is 0. The number of carbonyl (C=O) groups is 1. The molecular weight excluding hydrogens is 224 g/mol. The zero-order valence-electron chi connectivity index (χ0n) is 9.55. The largest absolute Gasteiger partial charge is 0.488 e. The fourth-order valence-electron chi connectivity index (χ4n) is 1.26. The van der Waals surface area contributed by atoms with Crippen molar-refractivity contribution in [3.05, 3.63) is 41.5 Å². The quantitative estimate of drug-likeness (QED) is 0.447. The van der Waals surface area contributed by atoms with E-state index in [-0.39, 0.29) is 5.78 Å². The number of carbonyl (C=O) groups excluding carboxylic acids is 1. The Morgan fingerprint density at radius 2 is 2.19 bits per heavy atom. The number of rotatable bonds is 5. The number of hydrogen-bond donors (Lipinski definition) is 0. The van der Waals surface area contributed by atoms with E-state index in [9.17, 15) is 4.79 Å². The minimum Gasteiger partial charge on any atom is -0.488 e. The van der Waals surface area contributed by atoms with E-state index < -0.39 is 0 Å². The molecule has 0 aliphatic heterocycles. The second kappa shape index (κ2) is 5.71. The number of halogens is 1. The van der Waals surface area contributed by atoms with Gasteiger partial charge in [0.2, 0.25) is 0 Å². The maximum absolute atomic E-state index is 11.4. The highest BCUT2D eigenvalue weighted by Gasteiger charge is 2.08. The first-order valence-electron chi connectivity index (χ1n) is 5.01. The van der Waals surface area contributed by atoms with Crippen molar-refractivity contribution in [1.29, 1.82) is 0 Å². The van der Waals surface area contributed by atoms with Gasteiger partial charge in [0.1, 0.15) is 12.4 Å². The summed E-state index contributed by atoms with van der Waals surface area (Å²) in [6, 6.07) is 5.53. The number of ether oxygens (including phenoxy) is 1. The van der Waals surface area contributed by atoms with E-state index in [1.165, 1.54) is 6.92 Å². The Bertz CT molecular complexity index is 410. The maximum Gasteiger partial charge on any atom is 0.163 e. The predicted molar refractivity (Wildman–Crippen MR) is 66.5 cm³/mol. The van der Waals surface area contributed by atoms with Crippen molar-refractivity contribution >= 4 is 17.4 Å². The lowest BCUT2D eigenvalue weighted by Gasteiger charge is -2.10. The fourth-order valence-corrected chi connectivity index (χ4v) is 1.34. The monoisotopic (exact) mass is 238 g/mol. The van der Waals surface area contributed by atoms with E-state index in [4.69, 9.17) is 16.3 Å². The first kappa shape index (κ1) is 12.8. The molecule has 0 aliphatic carbocycles. The van der Waals surface area contributed by atoms with Crippen LogP contribution in [0.3, 0.4) is 0 Å². The summed E-state index contributed by atoms with van der Waals surface area (Å²) >= 11 is 5.60. The van der Waals surface area contributed by atoms with Gasteiger partial charge in [0.15, 0.2) is 5.78 Å². The van der Waals surface area contributed by atoms with Gasteiger partial charge in [0.25, 0.3) is 0 Å². The standard InChI is InChI=1S/C13H15ClO2/c1-9-4-5-13(12(6-9)11(3)15)16-8-10(2)7-14/h4-6H,2,7-8H2,1,3H3. The molecule has 16 heavy (non-hydrogen) atoms. The van der Waals surface area contributed by atoms with Gasteiger partial charge < -0.3 is 4.74 Å². The Labute approximate surface area is 101 Å². The molecule has 0 amide bonds. The molecule has 3 heteroatoms. The molecule has 1 rings (SSSR count). The molecule has 86 valence electrons. The lowest BCUT2D eigenvalue weighted by Crippen LogP contribution is -2.05. The molecular formula is C13H15ClO2. The number of Topliss-reactive ketones (excluding diaryl/α,β-unsaturated/α-hetero) is 1. The fraction of sp³-hybridized carbons (Fsp3) is 0.308. The normalized spacial score (nSPS) is 9.94. The minimum atomic E-state index is -0.00446. The highest BCUT2D eigenvalue weighted by molar-refractivity contribution is 6.19. The van der Waals surface area contributed by atoms with E-state index in [1.807, 2.05) is 19.1 Å². The van der Waals surface area contributed by atoms with Crippen LogP contribution in [0.15, 0.2) is 30.4 Å². The smallest absolute Gasteiger partial charge is 0.163 e. The van der Waals surface area contributed by atoms with Crippen molar-refractivity contribution < 1.29 is 9.53 Å². The third-order valence-corrected chi connectivity index (χ3v) is 2.51. The average Bonchev–Trinajstić information content (AvgIpc) is 2.26. The molecule has 0 fully saturated rings. The molecule has 0 aliphatic rings. The molecule has 0 radical (unpaired) electrons. The topological polar surface area (TPSA) is 26.3 Å². The average molecular weight is 239 g/mol. The number of ketones is 1. The van der Waals surface area contributed by atoms with Gasteiger partial charge >= 0.3 is 0 Å². The summed E-state index contributed by atoms with van der Waals surface area (Å²) in [7, 11) is 0. The second-order valence-corrected chi connectivity index (χ2v) is 4.00. The van der Waals surface area contributed by atoms with Crippen LogP contribution >= 0.6 is 11.6 Å². The predicted octanol–water partition coefficient (Wildman–Crippen LogP) is 3.37. The molecule has 0 saturated heterocycles. The van der Waals surface area contributed by atoms with Gasteiger partial charge in [-0.3, -0.25) is 4.79 Å². The third kappa shape index (κ3) is 3.38. The maximum atomic E-state index is 11.4. The van der Waals surface area contributed by atoms with Crippen LogP contribution in [0.1, 0.15) is 22.8 Å². The van der Waals surface area contributed by atoms with Crippen LogP contribution in [-0.4, -0.2) is 18.3 Å². The molecule has 0 saturated carbocycles. The Kier molecular flexibility index (Phi) is 4.56. The summed E-state index contributed by atoms with van der Waals surface area (Å²) in [5.41, 5.74) is 2.42. The minimum absolute atomic E-state index is 0.00446. The lowest BCUT2D eigenvalue weighted by atomic mass is 10.1. The van der Waals surface area contributed by atoms with Gasteiger partial charge in [-0.05, 0) is 31.6 Å². The van der Waals surface area contributed by atoms with Crippen molar-refractivity contribution in [2.24, 2.45) is 0 Å². The van der Waals surface area contributed by atoms with Crippen molar-refractivity contribution in [2.45, 2.75) is 13.8 Å². The van der Waals surface area contributed by atoms with Crippen molar-refractivity contribution in [3.8, 4) is 5.75 Å². The summed E-state index contributed by atoms with van der Waals surface area (Å²) in [5.74, 6) is 0.945. The van der Waals surface area contributed by atoms with Crippen LogP contribution in [0.25, 0.3) is 0 Å². The number of benzene rings is 1. The summed E-state index contributed by atoms with van der Waals surface area (Å²) in [4.78, 5) is 11.4. The number of alkyl halides is 1. The van der Waals surface area contributed by atoms with Crippen LogP contribution in [0.4, 0.5) is 0 Å². The van der Waals surface area contributed by atoms with Crippen molar-refractivity contribution in [3.63, 3.8) is 0 Å². The van der Waals surface area contributed by atoms with E-state index >= 15 is 0 Å². The molecule has 0 aromatic heterocycles. The summed E-state index contributed by atoms with van der Waals surface area (Å²) in [6.45, 7) is 7.54. The molecule has 0 heterocycles. The van der Waals surface area contributed by atoms with Gasteiger partial charge in [0.05, 0.1) is 5.56 Å². The molecule has 0 spiro atoms. The van der Waals surface area contributed by atoms with Gasteiger partial charge in [-0.25, -0.2) is 0 Å². The van der Waals surface area contributed by atoms with Crippen LogP contribution in [-0.2, 0) is 0 Å². The van der Waals surface area contributed by atoms with Gasteiger partial charge in [-0.15, -0.1) is 11.6 Å². The van der Waals surface area contributed by atoms with Crippen LogP contribution in [0, 0.1) is 6.92 Å². The first-order chi connectivity index (χ1) is 7.54. The van der Waals surface area contributed by atoms with Gasteiger partial charge in [-0.1, -0.05) is 18.2 Å². The van der Waals surface area contributed by atoms with Crippen LogP contribution < -0.4 is 4.74 Å². The van der Waals surface area contributed by atoms with Gasteiger partial charge in [0, 0.05) is 5.88 Å². The highest BCUT2D eigenvalue weighted by atomic mass is 35.5. The number of hydrogen-bond acceptors (Lipinski definition) is 2. The van der Waals surface area contributed by atoms with Crippen molar-refractivity contribution in [1.82, 2.24) is 0 Å². The van der Waals surface area contributed by atoms with Crippen molar-refractivity contribution in [2.75, 3.05) is 12.5 Å². The Morgan fingerprint density at radius 1 is 1.50 bits per heavy atom. The second-order valence-electron chi connectivity index (χ2n) is 3.73. The van der Waals surface area contributed by atoms with Gasteiger partial charge in [-0.2, -0.15) is 0 Å². The molecule has 2 nitrogen and oxygen atoms in total. The SMILES string of the molecule is C=C(CCl)COc1ccc(C)cc1C(C)=O. The summed E-state index contributed by atoms with van der Waals surface area (Å²) in [6.07, 6.45) is 0. The van der Waals surface area contributed by atoms with Crippen LogP contribution in [0.2, 0.25) is 0 Å². The zero-order chi connectivity index (χ0) is 12.1. The van der Waals surface area contributed by atoms with E-state index in [0.717, 1.165) is 11.1 Å². The van der Waals surface area contributed by atoms with Crippen LogP contribution in [0.5, 0.6) is 5.75 Å². The molecule has 0 atom stereocenters. The Morgan fingerprint density at radius 3 is 2.75 bits per heavy atom.